The molecule has 86 valence electrons. The molecule has 2 bridgehead atoms. The SMILES string of the molecule is CC[C@H]1CCC[C@@]2(C1)C1CC[C@H](C1)[C@@H]2N. The molecule has 0 aromatic rings. The van der Waals surface area contributed by atoms with Gasteiger partial charge in [-0.2, -0.15) is 0 Å². The Morgan fingerprint density at radius 3 is 2.80 bits per heavy atom. The third-order valence-electron chi connectivity index (χ3n) is 5.96. The Kier molecular flexibility index (Phi) is 2.35. The molecular formula is C14H25N. The standard InChI is InChI=1S/C14H25N/c1-2-10-4-3-7-14(9-10)12-6-5-11(8-12)13(14)15/h10-13H,2-9,15H2,1H3/t10-,11+,12?,13-,14+/m0/s1. The van der Waals surface area contributed by atoms with Crippen molar-refractivity contribution in [2.24, 2.45) is 28.9 Å². The summed E-state index contributed by atoms with van der Waals surface area (Å²) < 4.78 is 0. The lowest BCUT2D eigenvalue weighted by atomic mass is 9.59. The molecule has 3 rings (SSSR count). The second-order valence-corrected chi connectivity index (χ2v) is 6.40. The van der Waals surface area contributed by atoms with Gasteiger partial charge in [-0.25, -0.2) is 0 Å². The first-order valence-corrected chi connectivity index (χ1v) is 7.02. The number of rotatable bonds is 1. The van der Waals surface area contributed by atoms with E-state index in [0.29, 0.717) is 11.5 Å². The highest BCUT2D eigenvalue weighted by Crippen LogP contribution is 2.61. The predicted octanol–water partition coefficient (Wildman–Crippen LogP) is 3.33. The first-order valence-electron chi connectivity index (χ1n) is 7.02. The quantitative estimate of drug-likeness (QED) is 0.701. The van der Waals surface area contributed by atoms with E-state index in [4.69, 9.17) is 5.73 Å². The van der Waals surface area contributed by atoms with Crippen LogP contribution in [0, 0.1) is 23.2 Å². The zero-order valence-corrected chi connectivity index (χ0v) is 10.0. The summed E-state index contributed by atoms with van der Waals surface area (Å²) in [5.41, 5.74) is 7.15. The maximum atomic E-state index is 6.55. The molecule has 0 amide bonds. The van der Waals surface area contributed by atoms with E-state index < -0.39 is 0 Å². The van der Waals surface area contributed by atoms with Crippen molar-refractivity contribution in [3.05, 3.63) is 0 Å². The van der Waals surface area contributed by atoms with Crippen LogP contribution in [0.2, 0.25) is 0 Å². The first-order chi connectivity index (χ1) is 7.26. The largest absolute Gasteiger partial charge is 0.327 e. The van der Waals surface area contributed by atoms with E-state index in [1.165, 1.54) is 51.4 Å². The average molecular weight is 207 g/mol. The van der Waals surface area contributed by atoms with E-state index in [2.05, 4.69) is 6.92 Å². The maximum Gasteiger partial charge on any atom is 0.0127 e. The van der Waals surface area contributed by atoms with Gasteiger partial charge in [0.2, 0.25) is 0 Å². The summed E-state index contributed by atoms with van der Waals surface area (Å²) in [5.74, 6) is 2.89. The van der Waals surface area contributed by atoms with Gasteiger partial charge < -0.3 is 5.73 Å². The van der Waals surface area contributed by atoms with Crippen molar-refractivity contribution >= 4 is 0 Å². The summed E-state index contributed by atoms with van der Waals surface area (Å²) in [7, 11) is 0. The first kappa shape index (κ1) is 10.1. The van der Waals surface area contributed by atoms with Crippen LogP contribution < -0.4 is 5.73 Å². The molecule has 2 N–H and O–H groups in total. The highest BCUT2D eigenvalue weighted by Gasteiger charge is 2.57. The van der Waals surface area contributed by atoms with Gasteiger partial charge in [0, 0.05) is 6.04 Å². The lowest BCUT2D eigenvalue weighted by Crippen LogP contribution is -2.48. The number of nitrogens with two attached hydrogens (primary N) is 1. The summed E-state index contributed by atoms with van der Waals surface area (Å²) >= 11 is 0. The Hall–Kier alpha value is -0.0400. The van der Waals surface area contributed by atoms with Crippen molar-refractivity contribution in [1.82, 2.24) is 0 Å². The van der Waals surface area contributed by atoms with Crippen molar-refractivity contribution in [3.8, 4) is 0 Å². The minimum atomic E-state index is 0.561. The lowest BCUT2D eigenvalue weighted by Gasteiger charge is -2.47. The molecule has 1 heteroatoms. The van der Waals surface area contributed by atoms with E-state index >= 15 is 0 Å². The Bertz CT molecular complexity index is 246. The van der Waals surface area contributed by atoms with Crippen molar-refractivity contribution in [1.29, 1.82) is 0 Å². The molecule has 3 aliphatic carbocycles. The molecule has 0 heterocycles. The van der Waals surface area contributed by atoms with Crippen molar-refractivity contribution in [2.45, 2.75) is 64.3 Å². The lowest BCUT2D eigenvalue weighted by molar-refractivity contribution is 0.0471. The highest BCUT2D eigenvalue weighted by atomic mass is 14.8. The molecule has 0 aromatic carbocycles. The van der Waals surface area contributed by atoms with Gasteiger partial charge in [0.25, 0.3) is 0 Å². The Labute approximate surface area is 93.8 Å². The molecule has 0 saturated heterocycles. The second-order valence-electron chi connectivity index (χ2n) is 6.40. The van der Waals surface area contributed by atoms with Crippen LogP contribution >= 0.6 is 0 Å². The molecule has 15 heavy (non-hydrogen) atoms. The van der Waals surface area contributed by atoms with Gasteiger partial charge in [-0.05, 0) is 55.3 Å². The van der Waals surface area contributed by atoms with Gasteiger partial charge in [0.1, 0.15) is 0 Å². The Morgan fingerprint density at radius 2 is 2.13 bits per heavy atom. The van der Waals surface area contributed by atoms with Crippen molar-refractivity contribution in [3.63, 3.8) is 0 Å². The predicted molar refractivity (Wildman–Crippen MR) is 63.5 cm³/mol. The number of fused-ring (bicyclic) bond motifs is 3. The number of hydrogen-bond acceptors (Lipinski definition) is 1. The van der Waals surface area contributed by atoms with Crippen LogP contribution in [0.15, 0.2) is 0 Å². The van der Waals surface area contributed by atoms with Gasteiger partial charge in [-0.15, -0.1) is 0 Å². The molecule has 5 atom stereocenters. The molecule has 3 fully saturated rings. The second kappa shape index (κ2) is 3.48. The summed E-state index contributed by atoms with van der Waals surface area (Å²) in [6.45, 7) is 2.36. The van der Waals surface area contributed by atoms with Crippen LogP contribution in [0.3, 0.4) is 0 Å². The molecule has 1 unspecified atom stereocenters. The molecule has 1 nitrogen and oxygen atoms in total. The normalized spacial score (nSPS) is 54.0. The summed E-state index contributed by atoms with van der Waals surface area (Å²) in [6.07, 6.45) is 11.6. The fourth-order valence-electron chi connectivity index (χ4n) is 5.09. The van der Waals surface area contributed by atoms with Gasteiger partial charge in [0.15, 0.2) is 0 Å². The monoisotopic (exact) mass is 207 g/mol. The van der Waals surface area contributed by atoms with E-state index in [-0.39, 0.29) is 0 Å². The maximum absolute atomic E-state index is 6.55. The molecule has 0 aromatic heterocycles. The third kappa shape index (κ3) is 1.32. The van der Waals surface area contributed by atoms with E-state index in [1.807, 2.05) is 0 Å². The van der Waals surface area contributed by atoms with Crippen LogP contribution in [0.25, 0.3) is 0 Å². The highest BCUT2D eigenvalue weighted by molar-refractivity contribution is 5.09. The van der Waals surface area contributed by atoms with Crippen LogP contribution in [0.5, 0.6) is 0 Å². The summed E-state index contributed by atoms with van der Waals surface area (Å²) in [4.78, 5) is 0. The Balaban J connectivity index is 1.83. The number of hydrogen-bond donors (Lipinski definition) is 1. The van der Waals surface area contributed by atoms with E-state index in [0.717, 1.165) is 17.8 Å². The molecule has 0 aliphatic heterocycles. The van der Waals surface area contributed by atoms with Crippen molar-refractivity contribution in [2.75, 3.05) is 0 Å². The molecule has 1 spiro atoms. The third-order valence-corrected chi connectivity index (χ3v) is 5.96. The zero-order chi connectivity index (χ0) is 10.5. The average Bonchev–Trinajstić information content (AvgIpc) is 2.84. The van der Waals surface area contributed by atoms with Gasteiger partial charge in [0.05, 0.1) is 0 Å². The van der Waals surface area contributed by atoms with Crippen LogP contribution in [0.1, 0.15) is 58.3 Å². The van der Waals surface area contributed by atoms with Gasteiger partial charge in [-0.1, -0.05) is 26.2 Å². The molecular weight excluding hydrogens is 182 g/mol. The molecule has 3 aliphatic rings. The van der Waals surface area contributed by atoms with Crippen LogP contribution in [-0.2, 0) is 0 Å². The van der Waals surface area contributed by atoms with Gasteiger partial charge >= 0.3 is 0 Å². The van der Waals surface area contributed by atoms with Crippen LogP contribution in [-0.4, -0.2) is 6.04 Å². The van der Waals surface area contributed by atoms with Gasteiger partial charge in [-0.3, -0.25) is 0 Å². The fraction of sp³-hybridized carbons (Fsp3) is 1.00. The molecule has 0 radical (unpaired) electrons. The smallest absolute Gasteiger partial charge is 0.0127 e. The zero-order valence-electron chi connectivity index (χ0n) is 10.0. The fourth-order valence-corrected chi connectivity index (χ4v) is 5.09. The summed E-state index contributed by atoms with van der Waals surface area (Å²) in [5, 5.41) is 0. The minimum Gasteiger partial charge on any atom is -0.327 e. The van der Waals surface area contributed by atoms with E-state index in [1.54, 1.807) is 0 Å². The topological polar surface area (TPSA) is 26.0 Å². The molecule has 3 saturated carbocycles. The summed E-state index contributed by atoms with van der Waals surface area (Å²) in [6, 6.07) is 0.561. The Morgan fingerprint density at radius 1 is 1.27 bits per heavy atom. The van der Waals surface area contributed by atoms with E-state index in [9.17, 15) is 0 Å². The van der Waals surface area contributed by atoms with Crippen molar-refractivity contribution < 1.29 is 0 Å². The minimum absolute atomic E-state index is 0.561. The van der Waals surface area contributed by atoms with Crippen LogP contribution in [0.4, 0.5) is 0 Å².